The van der Waals surface area contributed by atoms with Gasteiger partial charge in [0.2, 0.25) is 5.95 Å². The number of nitrogens with one attached hydrogen (secondary N) is 1. The van der Waals surface area contributed by atoms with Crippen LogP contribution in [0.1, 0.15) is 33.1 Å². The molecular formula is C12H19N3. The molecule has 15 heavy (non-hydrogen) atoms. The quantitative estimate of drug-likeness (QED) is 0.806. The van der Waals surface area contributed by atoms with Crippen molar-refractivity contribution < 1.29 is 0 Å². The van der Waals surface area contributed by atoms with Gasteiger partial charge < -0.3 is 5.32 Å². The van der Waals surface area contributed by atoms with Crippen molar-refractivity contribution in [2.75, 3.05) is 5.32 Å². The zero-order valence-electron chi connectivity index (χ0n) is 9.48. The number of hydrogen-bond donors (Lipinski definition) is 1. The van der Waals surface area contributed by atoms with Crippen LogP contribution in [0.2, 0.25) is 0 Å². The molecule has 1 aliphatic carbocycles. The lowest BCUT2D eigenvalue weighted by Gasteiger charge is -2.32. The van der Waals surface area contributed by atoms with Gasteiger partial charge in [0, 0.05) is 18.4 Å². The van der Waals surface area contributed by atoms with Crippen molar-refractivity contribution in [3.05, 3.63) is 18.5 Å². The van der Waals surface area contributed by atoms with Gasteiger partial charge in [0.15, 0.2) is 0 Å². The van der Waals surface area contributed by atoms with Crippen molar-refractivity contribution in [3.63, 3.8) is 0 Å². The lowest BCUT2D eigenvalue weighted by molar-refractivity contribution is 0.260. The Kier molecular flexibility index (Phi) is 3.19. The molecule has 1 N–H and O–H groups in total. The van der Waals surface area contributed by atoms with Gasteiger partial charge >= 0.3 is 0 Å². The van der Waals surface area contributed by atoms with Crippen LogP contribution >= 0.6 is 0 Å². The smallest absolute Gasteiger partial charge is 0.222 e. The first-order valence-corrected chi connectivity index (χ1v) is 5.79. The first-order chi connectivity index (χ1) is 7.25. The maximum Gasteiger partial charge on any atom is 0.222 e. The first kappa shape index (κ1) is 10.4. The second-order valence-corrected chi connectivity index (χ2v) is 4.68. The topological polar surface area (TPSA) is 37.8 Å². The molecular weight excluding hydrogens is 186 g/mol. The maximum absolute atomic E-state index is 4.19. The highest BCUT2D eigenvalue weighted by Crippen LogP contribution is 2.30. The summed E-state index contributed by atoms with van der Waals surface area (Å²) in [4.78, 5) is 8.39. The molecule has 1 saturated carbocycles. The highest BCUT2D eigenvalue weighted by Gasteiger charge is 2.24. The largest absolute Gasteiger partial charge is 0.351 e. The van der Waals surface area contributed by atoms with E-state index in [2.05, 4.69) is 29.1 Å². The van der Waals surface area contributed by atoms with Crippen molar-refractivity contribution in [3.8, 4) is 0 Å². The van der Waals surface area contributed by atoms with Gasteiger partial charge in [-0.2, -0.15) is 0 Å². The third kappa shape index (κ3) is 2.67. The van der Waals surface area contributed by atoms with E-state index < -0.39 is 0 Å². The molecule has 3 heteroatoms. The van der Waals surface area contributed by atoms with Gasteiger partial charge in [0.1, 0.15) is 0 Å². The predicted octanol–water partition coefficient (Wildman–Crippen LogP) is 2.71. The second kappa shape index (κ2) is 4.60. The molecule has 1 fully saturated rings. The zero-order chi connectivity index (χ0) is 10.7. The van der Waals surface area contributed by atoms with Gasteiger partial charge in [-0.3, -0.25) is 0 Å². The molecule has 3 unspecified atom stereocenters. The lowest BCUT2D eigenvalue weighted by Crippen LogP contribution is -2.30. The summed E-state index contributed by atoms with van der Waals surface area (Å²) in [5.74, 6) is 2.43. The van der Waals surface area contributed by atoms with E-state index in [9.17, 15) is 0 Å². The van der Waals surface area contributed by atoms with Gasteiger partial charge in [-0.05, 0) is 37.2 Å². The first-order valence-electron chi connectivity index (χ1n) is 5.79. The van der Waals surface area contributed by atoms with E-state index in [1.54, 1.807) is 12.4 Å². The zero-order valence-corrected chi connectivity index (χ0v) is 9.48. The Morgan fingerprint density at radius 3 is 2.53 bits per heavy atom. The molecule has 0 aromatic carbocycles. The Hall–Kier alpha value is -1.12. The van der Waals surface area contributed by atoms with Crippen LogP contribution in [0.3, 0.4) is 0 Å². The maximum atomic E-state index is 4.19. The van der Waals surface area contributed by atoms with E-state index in [1.807, 2.05) is 6.07 Å². The molecule has 0 spiro atoms. The fraction of sp³-hybridized carbons (Fsp3) is 0.667. The normalized spacial score (nSPS) is 31.2. The fourth-order valence-electron chi connectivity index (χ4n) is 2.23. The van der Waals surface area contributed by atoms with Crippen LogP contribution < -0.4 is 5.32 Å². The van der Waals surface area contributed by atoms with E-state index in [-0.39, 0.29) is 0 Å². The highest BCUT2D eigenvalue weighted by molar-refractivity contribution is 5.24. The van der Waals surface area contributed by atoms with Crippen LogP contribution in [0.15, 0.2) is 18.5 Å². The monoisotopic (exact) mass is 205 g/mol. The van der Waals surface area contributed by atoms with Crippen molar-refractivity contribution >= 4 is 5.95 Å². The van der Waals surface area contributed by atoms with Crippen LogP contribution in [-0.2, 0) is 0 Å². The highest BCUT2D eigenvalue weighted by atomic mass is 15.1. The second-order valence-electron chi connectivity index (χ2n) is 4.68. The third-order valence-electron chi connectivity index (χ3n) is 3.50. The van der Waals surface area contributed by atoms with Gasteiger partial charge in [0.05, 0.1) is 0 Å². The third-order valence-corrected chi connectivity index (χ3v) is 3.50. The fourth-order valence-corrected chi connectivity index (χ4v) is 2.23. The molecule has 2 rings (SSSR count). The van der Waals surface area contributed by atoms with Crippen molar-refractivity contribution in [2.24, 2.45) is 11.8 Å². The van der Waals surface area contributed by atoms with Crippen LogP contribution in [0.5, 0.6) is 0 Å². The number of anilines is 1. The van der Waals surface area contributed by atoms with Gasteiger partial charge in [-0.15, -0.1) is 0 Å². The average Bonchev–Trinajstić information content (AvgIpc) is 2.25. The number of rotatable bonds is 2. The summed E-state index contributed by atoms with van der Waals surface area (Å²) in [7, 11) is 0. The van der Waals surface area contributed by atoms with Crippen LogP contribution in [0.25, 0.3) is 0 Å². The minimum Gasteiger partial charge on any atom is -0.351 e. The van der Waals surface area contributed by atoms with Crippen LogP contribution in [0.4, 0.5) is 5.95 Å². The van der Waals surface area contributed by atoms with Gasteiger partial charge in [0.25, 0.3) is 0 Å². The Morgan fingerprint density at radius 1 is 1.13 bits per heavy atom. The molecule has 1 heterocycles. The molecule has 1 aromatic heterocycles. The van der Waals surface area contributed by atoms with Gasteiger partial charge in [-0.1, -0.05) is 13.8 Å². The van der Waals surface area contributed by atoms with E-state index in [1.165, 1.54) is 19.3 Å². The van der Waals surface area contributed by atoms with Crippen LogP contribution in [-0.4, -0.2) is 16.0 Å². The van der Waals surface area contributed by atoms with Gasteiger partial charge in [-0.25, -0.2) is 9.97 Å². The summed E-state index contributed by atoms with van der Waals surface area (Å²) in [6.07, 6.45) is 7.35. The molecule has 1 aromatic rings. The summed E-state index contributed by atoms with van der Waals surface area (Å²) in [6.45, 7) is 4.68. The van der Waals surface area contributed by atoms with Crippen molar-refractivity contribution in [1.82, 2.24) is 9.97 Å². The molecule has 0 saturated heterocycles. The molecule has 0 bridgehead atoms. The van der Waals surface area contributed by atoms with E-state index in [4.69, 9.17) is 0 Å². The minimum atomic E-state index is 0.554. The molecule has 0 aliphatic heterocycles. The average molecular weight is 205 g/mol. The molecule has 3 atom stereocenters. The number of aromatic nitrogens is 2. The summed E-state index contributed by atoms with van der Waals surface area (Å²) in [5, 5.41) is 3.41. The van der Waals surface area contributed by atoms with E-state index >= 15 is 0 Å². The molecule has 1 aliphatic rings. The van der Waals surface area contributed by atoms with Crippen molar-refractivity contribution in [1.29, 1.82) is 0 Å². The Bertz CT molecular complexity index is 299. The molecule has 3 nitrogen and oxygen atoms in total. The molecule has 82 valence electrons. The SMILES string of the molecule is CC1CCC(Nc2ncccn2)CC1C. The summed E-state index contributed by atoms with van der Waals surface area (Å²) in [6, 6.07) is 2.40. The predicted molar refractivity (Wildman–Crippen MR) is 61.6 cm³/mol. The number of nitrogens with zero attached hydrogens (tertiary/aromatic N) is 2. The van der Waals surface area contributed by atoms with E-state index in [0.717, 1.165) is 17.8 Å². The summed E-state index contributed by atoms with van der Waals surface area (Å²) < 4.78 is 0. The number of hydrogen-bond acceptors (Lipinski definition) is 3. The lowest BCUT2D eigenvalue weighted by atomic mass is 9.79. The standard InChI is InChI=1S/C12H19N3/c1-9-4-5-11(8-10(9)2)15-12-13-6-3-7-14-12/h3,6-7,9-11H,4-5,8H2,1-2H3,(H,13,14,15). The summed E-state index contributed by atoms with van der Waals surface area (Å²) in [5.41, 5.74) is 0. The summed E-state index contributed by atoms with van der Waals surface area (Å²) >= 11 is 0. The Balaban J connectivity index is 1.91. The molecule has 0 amide bonds. The Morgan fingerprint density at radius 2 is 1.87 bits per heavy atom. The Labute approximate surface area is 91.3 Å². The minimum absolute atomic E-state index is 0.554. The van der Waals surface area contributed by atoms with E-state index in [0.29, 0.717) is 6.04 Å². The molecule has 0 radical (unpaired) electrons. The van der Waals surface area contributed by atoms with Crippen molar-refractivity contribution in [2.45, 2.75) is 39.2 Å². The van der Waals surface area contributed by atoms with Crippen LogP contribution in [0, 0.1) is 11.8 Å².